The predicted octanol–water partition coefficient (Wildman–Crippen LogP) is 4.26. The predicted molar refractivity (Wildman–Crippen MR) is 107 cm³/mol. The largest absolute Gasteiger partial charge is 0.367 e. The molecule has 144 valence electrons. The Bertz CT molecular complexity index is 962. The number of halogens is 1. The smallest absolute Gasteiger partial charge is 0.161 e. The van der Waals surface area contributed by atoms with E-state index in [0.717, 1.165) is 34.7 Å². The third-order valence-electron chi connectivity index (χ3n) is 5.10. The lowest BCUT2D eigenvalue weighted by Crippen LogP contribution is -2.43. The molecule has 1 aliphatic heterocycles. The SMILES string of the molecule is Cc1nc(-c2ccncc2)nc(N2CC(C)OC(c3ccc(F)cc3)C2)c1C. The number of benzene rings is 1. The fraction of sp³-hybridized carbons (Fsp3) is 0.318. The summed E-state index contributed by atoms with van der Waals surface area (Å²) >= 11 is 0. The van der Waals surface area contributed by atoms with Crippen LogP contribution in [0, 0.1) is 19.7 Å². The lowest BCUT2D eigenvalue weighted by Gasteiger charge is -2.38. The zero-order valence-corrected chi connectivity index (χ0v) is 16.3. The van der Waals surface area contributed by atoms with Crippen LogP contribution in [0.5, 0.6) is 0 Å². The van der Waals surface area contributed by atoms with Gasteiger partial charge in [-0.1, -0.05) is 12.1 Å². The highest BCUT2D eigenvalue weighted by molar-refractivity contribution is 5.60. The minimum absolute atomic E-state index is 0.0304. The van der Waals surface area contributed by atoms with Crippen LogP contribution < -0.4 is 4.90 Å². The third kappa shape index (κ3) is 3.73. The summed E-state index contributed by atoms with van der Waals surface area (Å²) in [5, 5.41) is 0. The summed E-state index contributed by atoms with van der Waals surface area (Å²) in [7, 11) is 0. The summed E-state index contributed by atoms with van der Waals surface area (Å²) in [4.78, 5) is 15.9. The third-order valence-corrected chi connectivity index (χ3v) is 5.10. The maximum Gasteiger partial charge on any atom is 0.161 e. The van der Waals surface area contributed by atoms with Gasteiger partial charge < -0.3 is 9.64 Å². The van der Waals surface area contributed by atoms with Crippen LogP contribution in [0.1, 0.15) is 29.8 Å². The van der Waals surface area contributed by atoms with Gasteiger partial charge in [-0.2, -0.15) is 0 Å². The molecule has 0 aliphatic carbocycles. The lowest BCUT2D eigenvalue weighted by atomic mass is 10.1. The van der Waals surface area contributed by atoms with E-state index in [-0.39, 0.29) is 18.0 Å². The van der Waals surface area contributed by atoms with Crippen LogP contribution >= 0.6 is 0 Å². The quantitative estimate of drug-likeness (QED) is 0.682. The first-order valence-electron chi connectivity index (χ1n) is 9.43. The van der Waals surface area contributed by atoms with E-state index in [1.807, 2.05) is 26.0 Å². The Kier molecular flexibility index (Phi) is 5.05. The van der Waals surface area contributed by atoms with E-state index < -0.39 is 0 Å². The van der Waals surface area contributed by atoms with E-state index >= 15 is 0 Å². The number of aryl methyl sites for hydroxylation is 1. The molecule has 0 spiro atoms. The summed E-state index contributed by atoms with van der Waals surface area (Å²) in [6.45, 7) is 7.50. The second kappa shape index (κ2) is 7.64. The first kappa shape index (κ1) is 18.5. The number of hydrogen-bond acceptors (Lipinski definition) is 5. The van der Waals surface area contributed by atoms with Gasteiger partial charge in [-0.3, -0.25) is 4.98 Å². The Morgan fingerprint density at radius 1 is 1.00 bits per heavy atom. The zero-order chi connectivity index (χ0) is 19.7. The van der Waals surface area contributed by atoms with E-state index in [0.29, 0.717) is 12.4 Å². The van der Waals surface area contributed by atoms with Crippen molar-refractivity contribution in [1.82, 2.24) is 15.0 Å². The number of aromatic nitrogens is 3. The average molecular weight is 378 g/mol. The van der Waals surface area contributed by atoms with Crippen molar-refractivity contribution in [1.29, 1.82) is 0 Å². The number of rotatable bonds is 3. The molecule has 28 heavy (non-hydrogen) atoms. The summed E-state index contributed by atoms with van der Waals surface area (Å²) in [6.07, 6.45) is 3.38. The normalized spacial score (nSPS) is 19.6. The summed E-state index contributed by atoms with van der Waals surface area (Å²) in [5.74, 6) is 1.37. The van der Waals surface area contributed by atoms with Gasteiger partial charge in [0.1, 0.15) is 17.7 Å². The van der Waals surface area contributed by atoms with Crippen LogP contribution in [0.15, 0.2) is 48.8 Å². The second-order valence-electron chi connectivity index (χ2n) is 7.21. The highest BCUT2D eigenvalue weighted by Gasteiger charge is 2.29. The van der Waals surface area contributed by atoms with E-state index in [2.05, 4.69) is 21.8 Å². The van der Waals surface area contributed by atoms with Crippen molar-refractivity contribution in [2.24, 2.45) is 0 Å². The summed E-state index contributed by atoms with van der Waals surface area (Å²) < 4.78 is 19.4. The minimum Gasteiger partial charge on any atom is -0.367 e. The van der Waals surface area contributed by atoms with Crippen LogP contribution in [0.2, 0.25) is 0 Å². The monoisotopic (exact) mass is 378 g/mol. The van der Waals surface area contributed by atoms with Crippen LogP contribution in [0.25, 0.3) is 11.4 Å². The topological polar surface area (TPSA) is 51.1 Å². The molecule has 5 nitrogen and oxygen atoms in total. The molecular weight excluding hydrogens is 355 g/mol. The molecule has 0 bridgehead atoms. The van der Waals surface area contributed by atoms with Crippen molar-refractivity contribution in [3.05, 3.63) is 71.4 Å². The van der Waals surface area contributed by atoms with Gasteiger partial charge in [-0.15, -0.1) is 0 Å². The van der Waals surface area contributed by atoms with E-state index in [4.69, 9.17) is 9.72 Å². The van der Waals surface area contributed by atoms with Crippen molar-refractivity contribution >= 4 is 5.82 Å². The molecule has 0 N–H and O–H groups in total. The number of pyridine rings is 1. The van der Waals surface area contributed by atoms with Crippen LogP contribution in [0.4, 0.5) is 10.2 Å². The Hall–Kier alpha value is -2.86. The summed E-state index contributed by atoms with van der Waals surface area (Å²) in [5.41, 5.74) is 3.92. The zero-order valence-electron chi connectivity index (χ0n) is 16.3. The van der Waals surface area contributed by atoms with Crippen LogP contribution in [-0.2, 0) is 4.74 Å². The van der Waals surface area contributed by atoms with E-state index in [1.54, 1.807) is 24.5 Å². The van der Waals surface area contributed by atoms with Gasteiger partial charge in [0.05, 0.1) is 6.10 Å². The van der Waals surface area contributed by atoms with Gasteiger partial charge in [-0.05, 0) is 50.6 Å². The van der Waals surface area contributed by atoms with Crippen molar-refractivity contribution in [3.63, 3.8) is 0 Å². The second-order valence-corrected chi connectivity index (χ2v) is 7.21. The highest BCUT2D eigenvalue weighted by Crippen LogP contribution is 2.31. The first-order valence-corrected chi connectivity index (χ1v) is 9.43. The molecule has 3 heterocycles. The number of ether oxygens (including phenoxy) is 1. The number of nitrogens with zero attached hydrogens (tertiary/aromatic N) is 4. The molecule has 3 aromatic rings. The molecule has 1 saturated heterocycles. The molecule has 2 aromatic heterocycles. The molecule has 0 amide bonds. The number of morpholine rings is 1. The van der Waals surface area contributed by atoms with Gasteiger partial charge in [0.15, 0.2) is 5.82 Å². The molecule has 1 aromatic carbocycles. The maximum absolute atomic E-state index is 13.3. The Morgan fingerprint density at radius 2 is 1.71 bits per heavy atom. The number of anilines is 1. The fourth-order valence-corrected chi connectivity index (χ4v) is 3.54. The molecule has 1 fully saturated rings. The van der Waals surface area contributed by atoms with E-state index in [1.165, 1.54) is 12.1 Å². The van der Waals surface area contributed by atoms with Crippen molar-refractivity contribution < 1.29 is 9.13 Å². The standard InChI is InChI=1S/C22H23FN4O/c1-14-12-27(13-20(28-14)17-4-6-19(23)7-5-17)22-15(2)16(3)25-21(26-22)18-8-10-24-11-9-18/h4-11,14,20H,12-13H2,1-3H3. The molecule has 1 aliphatic rings. The van der Waals surface area contributed by atoms with Crippen LogP contribution in [-0.4, -0.2) is 34.1 Å². The number of hydrogen-bond donors (Lipinski definition) is 0. The highest BCUT2D eigenvalue weighted by atomic mass is 19.1. The fourth-order valence-electron chi connectivity index (χ4n) is 3.54. The molecule has 0 radical (unpaired) electrons. The Labute approximate surface area is 164 Å². The van der Waals surface area contributed by atoms with Crippen molar-refractivity contribution in [3.8, 4) is 11.4 Å². The van der Waals surface area contributed by atoms with Gasteiger partial charge in [-0.25, -0.2) is 14.4 Å². The van der Waals surface area contributed by atoms with Crippen molar-refractivity contribution in [2.45, 2.75) is 33.0 Å². The van der Waals surface area contributed by atoms with Gasteiger partial charge in [0.2, 0.25) is 0 Å². The lowest BCUT2D eigenvalue weighted by molar-refractivity contribution is -0.0176. The Balaban J connectivity index is 1.69. The molecule has 2 unspecified atom stereocenters. The van der Waals surface area contributed by atoms with Crippen molar-refractivity contribution in [2.75, 3.05) is 18.0 Å². The molecule has 0 saturated carbocycles. The molecule has 4 rings (SSSR count). The maximum atomic E-state index is 13.3. The molecule has 2 atom stereocenters. The minimum atomic E-state index is -0.242. The van der Waals surface area contributed by atoms with Gasteiger partial charge in [0, 0.05) is 42.3 Å². The first-order chi connectivity index (χ1) is 13.5. The average Bonchev–Trinajstić information content (AvgIpc) is 2.70. The van der Waals surface area contributed by atoms with Crippen LogP contribution in [0.3, 0.4) is 0 Å². The van der Waals surface area contributed by atoms with E-state index in [9.17, 15) is 4.39 Å². The van der Waals surface area contributed by atoms with Gasteiger partial charge >= 0.3 is 0 Å². The molecule has 6 heteroatoms. The van der Waals surface area contributed by atoms with Gasteiger partial charge in [0.25, 0.3) is 0 Å². The Morgan fingerprint density at radius 3 is 2.43 bits per heavy atom. The summed E-state index contributed by atoms with van der Waals surface area (Å²) in [6, 6.07) is 10.4. The molecular formula is C22H23FN4O.